The molecule has 1 aliphatic rings. The second-order valence-corrected chi connectivity index (χ2v) is 17.9. The largest absolute Gasteiger partial charge is 0.310 e. The fourth-order valence-electron chi connectivity index (χ4n) is 10.1. The van der Waals surface area contributed by atoms with Crippen molar-refractivity contribution in [1.29, 1.82) is 0 Å². The monoisotopic (exact) mass is 795 g/mol. The fraction of sp³-hybridized carbons (Fsp3) is 0.0508. The van der Waals surface area contributed by atoms with Crippen molar-refractivity contribution in [3.8, 4) is 44.5 Å². The lowest BCUT2D eigenvalue weighted by atomic mass is 9.82. The van der Waals surface area contributed by atoms with Crippen LogP contribution in [0.15, 0.2) is 212 Å². The number of nitrogens with zero attached hydrogens (tertiary/aromatic N) is 1. The summed E-state index contributed by atoms with van der Waals surface area (Å²) < 4.78 is 2.65. The molecule has 0 atom stereocenters. The zero-order valence-corrected chi connectivity index (χ0v) is 34.9. The summed E-state index contributed by atoms with van der Waals surface area (Å²) in [5.74, 6) is 0. The van der Waals surface area contributed by atoms with Crippen molar-refractivity contribution in [2.75, 3.05) is 4.90 Å². The molecule has 1 aliphatic carbocycles. The standard InChI is InChI=1S/C59H41NS/c1-59(2)53-24-12-10-21-48(53)49-33-32-43(37-54(49)59)60(42-30-27-38(28-31-42)40-29-34-57-51(35-40)50-22-11-13-26-56(50)61-57)55-25-14-23-45(39-15-4-3-5-16-39)58(55)52-36-41-17-6-7-18-44(41)46-19-8-9-20-47(46)52/h3-37H,1-2H3. The maximum atomic E-state index is 2.50. The summed E-state index contributed by atoms with van der Waals surface area (Å²) in [6.45, 7) is 4.74. The lowest BCUT2D eigenvalue weighted by Gasteiger charge is -2.31. The van der Waals surface area contributed by atoms with Crippen molar-refractivity contribution >= 4 is 70.1 Å². The highest BCUT2D eigenvalue weighted by molar-refractivity contribution is 7.25. The van der Waals surface area contributed by atoms with Gasteiger partial charge in [0.2, 0.25) is 0 Å². The number of fused-ring (bicyclic) bond motifs is 9. The molecule has 10 aromatic carbocycles. The zero-order valence-electron chi connectivity index (χ0n) is 34.1. The zero-order chi connectivity index (χ0) is 40.7. The van der Waals surface area contributed by atoms with Crippen LogP contribution in [0.4, 0.5) is 17.1 Å². The van der Waals surface area contributed by atoms with Gasteiger partial charge in [-0.15, -0.1) is 11.3 Å². The van der Waals surface area contributed by atoms with E-state index in [4.69, 9.17) is 0 Å². The molecule has 0 radical (unpaired) electrons. The second kappa shape index (κ2) is 13.9. The van der Waals surface area contributed by atoms with Gasteiger partial charge in [0, 0.05) is 42.5 Å². The first kappa shape index (κ1) is 35.7. The van der Waals surface area contributed by atoms with Crippen molar-refractivity contribution in [2.45, 2.75) is 19.3 Å². The van der Waals surface area contributed by atoms with E-state index >= 15 is 0 Å². The van der Waals surface area contributed by atoms with E-state index in [9.17, 15) is 0 Å². The second-order valence-electron chi connectivity index (χ2n) is 16.8. The molecular weight excluding hydrogens is 755 g/mol. The maximum Gasteiger partial charge on any atom is 0.0546 e. The molecule has 11 aromatic rings. The van der Waals surface area contributed by atoms with Crippen LogP contribution in [-0.4, -0.2) is 0 Å². The van der Waals surface area contributed by atoms with Crippen molar-refractivity contribution in [3.63, 3.8) is 0 Å². The van der Waals surface area contributed by atoms with Gasteiger partial charge < -0.3 is 4.90 Å². The Labute approximate surface area is 360 Å². The molecule has 0 N–H and O–H groups in total. The third-order valence-electron chi connectivity index (χ3n) is 13.1. The van der Waals surface area contributed by atoms with Crippen LogP contribution in [0.5, 0.6) is 0 Å². The van der Waals surface area contributed by atoms with Gasteiger partial charge in [0.05, 0.1) is 5.69 Å². The van der Waals surface area contributed by atoms with Gasteiger partial charge in [0.1, 0.15) is 0 Å². The molecule has 0 unspecified atom stereocenters. The summed E-state index contributed by atoms with van der Waals surface area (Å²) in [5.41, 5.74) is 15.8. The SMILES string of the molecule is CC1(C)c2ccccc2-c2ccc(N(c3ccc(-c4ccc5sc6ccccc6c5c4)cc3)c3cccc(-c4ccccc4)c3-c3cc4ccccc4c4ccccc34)cc21. The average molecular weight is 796 g/mol. The van der Waals surface area contributed by atoms with Crippen molar-refractivity contribution in [1.82, 2.24) is 0 Å². The Bertz CT molecular complexity index is 3500. The molecule has 1 aromatic heterocycles. The topological polar surface area (TPSA) is 3.24 Å². The maximum absolute atomic E-state index is 2.50. The molecule has 0 fully saturated rings. The number of anilines is 3. The van der Waals surface area contributed by atoms with E-state index in [0.717, 1.165) is 17.1 Å². The minimum atomic E-state index is -0.148. The fourth-order valence-corrected chi connectivity index (χ4v) is 11.2. The molecule has 1 nitrogen and oxygen atoms in total. The molecule has 0 saturated heterocycles. The molecule has 0 amide bonds. The van der Waals surface area contributed by atoms with Gasteiger partial charge in [-0.2, -0.15) is 0 Å². The average Bonchev–Trinajstić information content (AvgIpc) is 3.80. The van der Waals surface area contributed by atoms with E-state index in [1.165, 1.54) is 97.4 Å². The highest BCUT2D eigenvalue weighted by atomic mass is 32.1. The van der Waals surface area contributed by atoms with E-state index in [0.29, 0.717) is 0 Å². The molecule has 12 rings (SSSR count). The highest BCUT2D eigenvalue weighted by Gasteiger charge is 2.36. The molecule has 0 bridgehead atoms. The Balaban J connectivity index is 1.11. The van der Waals surface area contributed by atoms with Gasteiger partial charge in [-0.25, -0.2) is 0 Å². The molecule has 0 aliphatic heterocycles. The Morgan fingerprint density at radius 2 is 1.00 bits per heavy atom. The van der Waals surface area contributed by atoms with Gasteiger partial charge in [-0.05, 0) is 126 Å². The lowest BCUT2D eigenvalue weighted by molar-refractivity contribution is 0.660. The van der Waals surface area contributed by atoms with Crippen molar-refractivity contribution < 1.29 is 0 Å². The summed E-state index contributed by atoms with van der Waals surface area (Å²) in [5, 5.41) is 7.63. The summed E-state index contributed by atoms with van der Waals surface area (Å²) in [4.78, 5) is 2.50. The van der Waals surface area contributed by atoms with Crippen LogP contribution in [0, 0.1) is 0 Å². The minimum Gasteiger partial charge on any atom is -0.310 e. The predicted octanol–water partition coefficient (Wildman–Crippen LogP) is 17.1. The van der Waals surface area contributed by atoms with Crippen LogP contribution in [-0.2, 0) is 5.41 Å². The first-order valence-corrected chi connectivity index (χ1v) is 22.0. The van der Waals surface area contributed by atoms with Crippen LogP contribution >= 0.6 is 11.3 Å². The van der Waals surface area contributed by atoms with Crippen LogP contribution in [0.1, 0.15) is 25.0 Å². The first-order valence-electron chi connectivity index (χ1n) is 21.2. The Hall–Kier alpha value is -7.26. The third kappa shape index (κ3) is 5.67. The molecule has 2 heteroatoms. The molecule has 1 heterocycles. The minimum absolute atomic E-state index is 0.148. The van der Waals surface area contributed by atoms with Gasteiger partial charge in [0.25, 0.3) is 0 Å². The van der Waals surface area contributed by atoms with Gasteiger partial charge in [-0.3, -0.25) is 0 Å². The molecule has 288 valence electrons. The Kier molecular flexibility index (Phi) is 8.13. The summed E-state index contributed by atoms with van der Waals surface area (Å²) >= 11 is 1.86. The van der Waals surface area contributed by atoms with Crippen molar-refractivity contribution in [3.05, 3.63) is 223 Å². The summed E-state index contributed by atoms with van der Waals surface area (Å²) in [6, 6.07) is 78.9. The van der Waals surface area contributed by atoms with Crippen LogP contribution in [0.25, 0.3) is 86.2 Å². The quantitative estimate of drug-likeness (QED) is 0.152. The van der Waals surface area contributed by atoms with Crippen LogP contribution in [0.2, 0.25) is 0 Å². The number of hydrogen-bond donors (Lipinski definition) is 0. The van der Waals surface area contributed by atoms with Gasteiger partial charge in [-0.1, -0.05) is 172 Å². The smallest absolute Gasteiger partial charge is 0.0546 e. The van der Waals surface area contributed by atoms with Gasteiger partial charge in [0.15, 0.2) is 0 Å². The Morgan fingerprint density at radius 3 is 1.85 bits per heavy atom. The number of hydrogen-bond acceptors (Lipinski definition) is 2. The summed E-state index contributed by atoms with van der Waals surface area (Å²) in [6.07, 6.45) is 0. The van der Waals surface area contributed by atoms with E-state index < -0.39 is 0 Å². The van der Waals surface area contributed by atoms with Crippen LogP contribution < -0.4 is 4.90 Å². The molecule has 0 saturated carbocycles. The molecule has 61 heavy (non-hydrogen) atoms. The third-order valence-corrected chi connectivity index (χ3v) is 14.2. The number of thiophene rings is 1. The van der Waals surface area contributed by atoms with Crippen molar-refractivity contribution in [2.24, 2.45) is 0 Å². The summed E-state index contributed by atoms with van der Waals surface area (Å²) in [7, 11) is 0. The normalized spacial score (nSPS) is 12.9. The van der Waals surface area contributed by atoms with E-state index in [1.807, 2.05) is 11.3 Å². The van der Waals surface area contributed by atoms with Crippen LogP contribution in [0.3, 0.4) is 0 Å². The molecular formula is C59H41NS. The van der Waals surface area contributed by atoms with E-state index in [-0.39, 0.29) is 5.41 Å². The lowest BCUT2D eigenvalue weighted by Crippen LogP contribution is -2.17. The first-order chi connectivity index (χ1) is 30.0. The van der Waals surface area contributed by atoms with E-state index in [2.05, 4.69) is 231 Å². The molecule has 0 spiro atoms. The van der Waals surface area contributed by atoms with E-state index in [1.54, 1.807) is 0 Å². The number of rotatable bonds is 6. The predicted molar refractivity (Wildman–Crippen MR) is 263 cm³/mol. The Morgan fingerprint density at radius 1 is 0.361 bits per heavy atom. The van der Waals surface area contributed by atoms with Gasteiger partial charge >= 0.3 is 0 Å². The highest BCUT2D eigenvalue weighted by Crippen LogP contribution is 2.53. The number of benzene rings is 10.